The van der Waals surface area contributed by atoms with Crippen molar-refractivity contribution in [3.63, 3.8) is 0 Å². The van der Waals surface area contributed by atoms with E-state index in [-0.39, 0.29) is 0 Å². The minimum atomic E-state index is 0.295. The summed E-state index contributed by atoms with van der Waals surface area (Å²) in [5.41, 5.74) is 3.67. The van der Waals surface area contributed by atoms with Crippen LogP contribution in [-0.4, -0.2) is 11.3 Å². The number of rotatable bonds is 2. The van der Waals surface area contributed by atoms with Gasteiger partial charge in [-0.2, -0.15) is 0 Å². The second-order valence-electron chi connectivity index (χ2n) is 4.11. The molecule has 0 aliphatic carbocycles. The lowest BCUT2D eigenvalue weighted by molar-refractivity contribution is 0.470. The molecule has 2 nitrogen and oxygen atoms in total. The molecule has 17 heavy (non-hydrogen) atoms. The average Bonchev–Trinajstić information content (AvgIpc) is 2.31. The number of hydrogen-bond acceptors (Lipinski definition) is 2. The van der Waals surface area contributed by atoms with Crippen LogP contribution >= 0.6 is 0 Å². The summed E-state index contributed by atoms with van der Waals surface area (Å²) in [6.45, 7) is 3.91. The Balaban J connectivity index is 2.29. The van der Waals surface area contributed by atoms with E-state index < -0.39 is 0 Å². The summed E-state index contributed by atoms with van der Waals surface area (Å²) < 4.78 is 0. The molecule has 0 heterocycles. The molecule has 2 aromatic rings. The van der Waals surface area contributed by atoms with E-state index >= 15 is 0 Å². The van der Waals surface area contributed by atoms with Crippen LogP contribution in [0.5, 0.6) is 5.75 Å². The third kappa shape index (κ3) is 2.72. The molecular formula is C15H15NO. The number of benzene rings is 2. The molecule has 86 valence electrons. The molecule has 0 radical (unpaired) electrons. The van der Waals surface area contributed by atoms with Crippen molar-refractivity contribution in [1.82, 2.24) is 0 Å². The van der Waals surface area contributed by atoms with Gasteiger partial charge >= 0.3 is 0 Å². The highest BCUT2D eigenvalue weighted by atomic mass is 16.3. The highest BCUT2D eigenvalue weighted by molar-refractivity contribution is 5.85. The molecule has 0 aliphatic heterocycles. The van der Waals surface area contributed by atoms with Crippen LogP contribution in [0, 0.1) is 13.8 Å². The first kappa shape index (κ1) is 11.4. The Morgan fingerprint density at radius 1 is 1.06 bits per heavy atom. The van der Waals surface area contributed by atoms with E-state index in [2.05, 4.69) is 4.99 Å². The molecule has 1 N–H and O–H groups in total. The van der Waals surface area contributed by atoms with Gasteiger partial charge in [0.2, 0.25) is 0 Å². The van der Waals surface area contributed by atoms with Gasteiger partial charge < -0.3 is 5.11 Å². The molecule has 0 unspecified atom stereocenters. The summed E-state index contributed by atoms with van der Waals surface area (Å²) in [6.07, 6.45) is 1.69. The first-order valence-corrected chi connectivity index (χ1v) is 5.56. The fraction of sp³-hybridized carbons (Fsp3) is 0.133. The highest BCUT2D eigenvalue weighted by Crippen LogP contribution is 2.21. The van der Waals surface area contributed by atoms with Gasteiger partial charge in [0.25, 0.3) is 0 Å². The largest absolute Gasteiger partial charge is 0.507 e. The van der Waals surface area contributed by atoms with Crippen LogP contribution in [-0.2, 0) is 0 Å². The highest BCUT2D eigenvalue weighted by Gasteiger charge is 2.00. The molecular weight excluding hydrogens is 210 g/mol. The van der Waals surface area contributed by atoms with Crippen LogP contribution in [0.15, 0.2) is 47.5 Å². The van der Waals surface area contributed by atoms with Crippen molar-refractivity contribution >= 4 is 11.9 Å². The van der Waals surface area contributed by atoms with E-state index in [1.54, 1.807) is 6.21 Å². The van der Waals surface area contributed by atoms with Crippen molar-refractivity contribution in [2.45, 2.75) is 13.8 Å². The Bertz CT molecular complexity index is 559. The minimum absolute atomic E-state index is 0.295. The SMILES string of the molecule is Cc1cccc(N=Cc2cccc(C)c2O)c1. The molecule has 0 saturated heterocycles. The fourth-order valence-electron chi connectivity index (χ4n) is 1.64. The molecule has 2 aromatic carbocycles. The van der Waals surface area contributed by atoms with E-state index in [1.807, 2.05) is 56.3 Å². The lowest BCUT2D eigenvalue weighted by Crippen LogP contribution is -1.84. The fourth-order valence-corrected chi connectivity index (χ4v) is 1.64. The number of hydrogen-bond donors (Lipinski definition) is 1. The number of aryl methyl sites for hydroxylation is 2. The second kappa shape index (κ2) is 4.83. The number of phenols is 1. The lowest BCUT2D eigenvalue weighted by atomic mass is 10.1. The van der Waals surface area contributed by atoms with E-state index in [0.717, 1.165) is 16.8 Å². The number of aromatic hydroxyl groups is 1. The number of phenolic OH excluding ortho intramolecular Hbond substituents is 1. The standard InChI is InChI=1S/C15H15NO/c1-11-5-3-8-14(9-11)16-10-13-7-4-6-12(2)15(13)17/h3-10,17H,1-2H3. The number of para-hydroxylation sites is 1. The van der Waals surface area contributed by atoms with Gasteiger partial charge in [-0.1, -0.05) is 24.3 Å². The molecule has 0 atom stereocenters. The van der Waals surface area contributed by atoms with Crippen LogP contribution in [0.4, 0.5) is 5.69 Å². The van der Waals surface area contributed by atoms with Crippen molar-refractivity contribution in [3.8, 4) is 5.75 Å². The van der Waals surface area contributed by atoms with Crippen LogP contribution in [0.2, 0.25) is 0 Å². The van der Waals surface area contributed by atoms with Crippen LogP contribution in [0.1, 0.15) is 16.7 Å². The Labute approximate surface area is 101 Å². The first-order valence-electron chi connectivity index (χ1n) is 5.56. The number of aliphatic imine (C=N–C) groups is 1. The zero-order valence-corrected chi connectivity index (χ0v) is 10.0. The third-order valence-corrected chi connectivity index (χ3v) is 2.62. The average molecular weight is 225 g/mol. The Morgan fingerprint density at radius 3 is 2.59 bits per heavy atom. The van der Waals surface area contributed by atoms with Gasteiger partial charge in [0.15, 0.2) is 0 Å². The molecule has 0 saturated carbocycles. The summed E-state index contributed by atoms with van der Waals surface area (Å²) in [5, 5.41) is 9.84. The molecule has 0 spiro atoms. The van der Waals surface area contributed by atoms with Gasteiger partial charge in [0, 0.05) is 11.8 Å². The first-order chi connectivity index (χ1) is 8.16. The normalized spacial score (nSPS) is 10.9. The van der Waals surface area contributed by atoms with Crippen LogP contribution in [0.3, 0.4) is 0 Å². The van der Waals surface area contributed by atoms with Crippen LogP contribution in [0.25, 0.3) is 0 Å². The van der Waals surface area contributed by atoms with Crippen LogP contribution < -0.4 is 0 Å². The summed E-state index contributed by atoms with van der Waals surface area (Å²) in [6, 6.07) is 13.6. The van der Waals surface area contributed by atoms with E-state index in [9.17, 15) is 5.11 Å². The molecule has 0 amide bonds. The second-order valence-corrected chi connectivity index (χ2v) is 4.11. The quantitative estimate of drug-likeness (QED) is 0.775. The summed E-state index contributed by atoms with van der Waals surface area (Å²) >= 11 is 0. The van der Waals surface area contributed by atoms with Gasteiger partial charge in [0.05, 0.1) is 5.69 Å². The molecule has 0 bridgehead atoms. The molecule has 0 aromatic heterocycles. The van der Waals surface area contributed by atoms with Gasteiger partial charge in [-0.05, 0) is 43.2 Å². The minimum Gasteiger partial charge on any atom is -0.507 e. The van der Waals surface area contributed by atoms with E-state index in [1.165, 1.54) is 5.56 Å². The predicted octanol–water partition coefficient (Wildman–Crippen LogP) is 3.76. The summed E-state index contributed by atoms with van der Waals surface area (Å²) in [7, 11) is 0. The van der Waals surface area contributed by atoms with Crippen molar-refractivity contribution in [2.75, 3.05) is 0 Å². The van der Waals surface area contributed by atoms with E-state index in [4.69, 9.17) is 0 Å². The van der Waals surface area contributed by atoms with E-state index in [0.29, 0.717) is 5.75 Å². The molecule has 0 aliphatic rings. The van der Waals surface area contributed by atoms with Gasteiger partial charge in [-0.15, -0.1) is 0 Å². The molecule has 0 fully saturated rings. The Kier molecular flexibility index (Phi) is 3.24. The van der Waals surface area contributed by atoms with Crippen molar-refractivity contribution in [1.29, 1.82) is 0 Å². The van der Waals surface area contributed by atoms with Gasteiger partial charge in [-0.3, -0.25) is 4.99 Å². The maximum absolute atomic E-state index is 9.84. The zero-order valence-electron chi connectivity index (χ0n) is 10.0. The van der Waals surface area contributed by atoms with Gasteiger partial charge in [0.1, 0.15) is 5.75 Å². The summed E-state index contributed by atoms with van der Waals surface area (Å²) in [5.74, 6) is 0.295. The maximum atomic E-state index is 9.84. The zero-order chi connectivity index (χ0) is 12.3. The Hall–Kier alpha value is -2.09. The molecule has 2 rings (SSSR count). The maximum Gasteiger partial charge on any atom is 0.127 e. The summed E-state index contributed by atoms with van der Waals surface area (Å²) in [4.78, 5) is 4.35. The topological polar surface area (TPSA) is 32.6 Å². The molecule has 2 heteroatoms. The smallest absolute Gasteiger partial charge is 0.127 e. The van der Waals surface area contributed by atoms with Crippen molar-refractivity contribution in [3.05, 3.63) is 59.2 Å². The van der Waals surface area contributed by atoms with Crippen molar-refractivity contribution < 1.29 is 5.11 Å². The van der Waals surface area contributed by atoms with Crippen molar-refractivity contribution in [2.24, 2.45) is 4.99 Å². The number of nitrogens with zero attached hydrogens (tertiary/aromatic N) is 1. The third-order valence-electron chi connectivity index (χ3n) is 2.62. The predicted molar refractivity (Wildman–Crippen MR) is 71.3 cm³/mol. The monoisotopic (exact) mass is 225 g/mol. The Morgan fingerprint density at radius 2 is 1.82 bits per heavy atom. The van der Waals surface area contributed by atoms with Gasteiger partial charge in [-0.25, -0.2) is 0 Å². The lowest BCUT2D eigenvalue weighted by Gasteiger charge is -2.01.